The number of hydrogen-bond donors (Lipinski definition) is 1. The van der Waals surface area contributed by atoms with Crippen LogP contribution in [0.5, 0.6) is 0 Å². The summed E-state index contributed by atoms with van der Waals surface area (Å²) < 4.78 is -0.0942. The number of aliphatic hydroxyl groups excluding tert-OH is 1. The average Bonchev–Trinajstić information content (AvgIpc) is 2.54. The van der Waals surface area contributed by atoms with Gasteiger partial charge in [0.25, 0.3) is 0 Å². The van der Waals surface area contributed by atoms with Crippen molar-refractivity contribution in [3.63, 3.8) is 0 Å². The van der Waals surface area contributed by atoms with Crippen LogP contribution >= 0.6 is 15.9 Å². The molecule has 0 fully saturated rings. The van der Waals surface area contributed by atoms with Crippen LogP contribution in [0.4, 0.5) is 0 Å². The second-order valence-electron chi connectivity index (χ2n) is 8.01. The van der Waals surface area contributed by atoms with Gasteiger partial charge in [0.2, 0.25) is 0 Å². The minimum absolute atomic E-state index is 0.0942. The minimum Gasteiger partial charge on any atom is -0.392 e. The van der Waals surface area contributed by atoms with E-state index in [1.807, 2.05) is 6.92 Å². The molecule has 0 aliphatic carbocycles. The molecule has 0 aromatic rings. The maximum absolute atomic E-state index is 9.66. The van der Waals surface area contributed by atoms with Crippen molar-refractivity contribution in [1.29, 1.82) is 0 Å². The normalized spacial score (nSPS) is 15.4. The molecule has 24 heavy (non-hydrogen) atoms. The summed E-state index contributed by atoms with van der Waals surface area (Å²) in [6, 6.07) is 0. The van der Waals surface area contributed by atoms with Crippen molar-refractivity contribution in [2.75, 3.05) is 0 Å². The number of aliphatic hydroxyl groups is 1. The van der Waals surface area contributed by atoms with Gasteiger partial charge in [0, 0.05) is 4.32 Å². The Morgan fingerprint density at radius 2 is 0.958 bits per heavy atom. The largest absolute Gasteiger partial charge is 0.392 e. The Hall–Kier alpha value is 0.440. The van der Waals surface area contributed by atoms with E-state index in [1.54, 1.807) is 0 Å². The molecule has 1 N–H and O–H groups in total. The summed E-state index contributed by atoms with van der Waals surface area (Å²) in [7, 11) is 0. The van der Waals surface area contributed by atoms with E-state index in [1.165, 1.54) is 103 Å². The first-order valence-electron chi connectivity index (χ1n) is 10.9. The summed E-state index contributed by atoms with van der Waals surface area (Å²) in [6.45, 7) is 6.26. The predicted octanol–water partition coefficient (Wildman–Crippen LogP) is 8.17. The first-order valence-corrected chi connectivity index (χ1v) is 11.7. The van der Waals surface area contributed by atoms with Gasteiger partial charge in [-0.25, -0.2) is 0 Å². The van der Waals surface area contributed by atoms with Gasteiger partial charge in [0.05, 0.1) is 6.10 Å². The maximum Gasteiger partial charge on any atom is 0.0662 e. The van der Waals surface area contributed by atoms with Crippen molar-refractivity contribution in [2.45, 2.75) is 140 Å². The summed E-state index contributed by atoms with van der Waals surface area (Å²) in [5.41, 5.74) is 0. The molecule has 0 amide bonds. The van der Waals surface area contributed by atoms with Crippen LogP contribution in [0.1, 0.15) is 130 Å². The lowest BCUT2D eigenvalue weighted by Crippen LogP contribution is -2.30. The Bertz CT molecular complexity index is 250. The van der Waals surface area contributed by atoms with E-state index in [0.29, 0.717) is 0 Å². The molecule has 0 bridgehead atoms. The number of hydrogen-bond acceptors (Lipinski definition) is 1. The quantitative estimate of drug-likeness (QED) is 0.180. The van der Waals surface area contributed by atoms with Crippen molar-refractivity contribution in [1.82, 2.24) is 0 Å². The van der Waals surface area contributed by atoms with E-state index in [0.717, 1.165) is 6.42 Å². The molecule has 0 rings (SSSR count). The van der Waals surface area contributed by atoms with Crippen molar-refractivity contribution >= 4 is 15.9 Å². The van der Waals surface area contributed by atoms with Crippen LogP contribution in [0, 0.1) is 0 Å². The zero-order valence-corrected chi connectivity index (χ0v) is 18.5. The lowest BCUT2D eigenvalue weighted by atomic mass is 9.97. The zero-order valence-electron chi connectivity index (χ0n) is 16.9. The average molecular weight is 406 g/mol. The van der Waals surface area contributed by atoms with Gasteiger partial charge in [-0.3, -0.25) is 0 Å². The molecule has 0 spiro atoms. The molecule has 0 saturated heterocycles. The molecule has 0 aliphatic rings. The predicted molar refractivity (Wildman–Crippen MR) is 113 cm³/mol. The van der Waals surface area contributed by atoms with Gasteiger partial charge >= 0.3 is 0 Å². The monoisotopic (exact) mass is 404 g/mol. The third-order valence-electron chi connectivity index (χ3n) is 5.39. The maximum atomic E-state index is 9.66. The van der Waals surface area contributed by atoms with Gasteiger partial charge in [-0.2, -0.15) is 0 Å². The lowest BCUT2D eigenvalue weighted by Gasteiger charge is -2.25. The van der Waals surface area contributed by atoms with E-state index in [4.69, 9.17) is 0 Å². The van der Waals surface area contributed by atoms with Crippen LogP contribution in [0.2, 0.25) is 0 Å². The van der Waals surface area contributed by atoms with E-state index >= 15 is 0 Å². The molecule has 0 aromatic carbocycles. The van der Waals surface area contributed by atoms with E-state index in [9.17, 15) is 5.11 Å². The number of rotatable bonds is 18. The van der Waals surface area contributed by atoms with Gasteiger partial charge in [0.1, 0.15) is 0 Å². The summed E-state index contributed by atoms with van der Waals surface area (Å²) >= 11 is 3.64. The van der Waals surface area contributed by atoms with Gasteiger partial charge in [0.15, 0.2) is 0 Å². The first kappa shape index (κ1) is 24.4. The summed E-state index contributed by atoms with van der Waals surface area (Å²) in [4.78, 5) is 0. The topological polar surface area (TPSA) is 20.2 Å². The SMILES string of the molecule is CCCCCCCCCCCCCCCCCCC(C)(Br)C(C)O. The Morgan fingerprint density at radius 3 is 1.25 bits per heavy atom. The highest BCUT2D eigenvalue weighted by Gasteiger charge is 2.25. The molecule has 0 aromatic heterocycles. The minimum atomic E-state index is -0.270. The number of halogens is 1. The van der Waals surface area contributed by atoms with E-state index < -0.39 is 0 Å². The summed E-state index contributed by atoms with van der Waals surface area (Å²) in [6.07, 6.45) is 23.4. The van der Waals surface area contributed by atoms with Crippen LogP contribution in [0.3, 0.4) is 0 Å². The van der Waals surface area contributed by atoms with Crippen molar-refractivity contribution in [3.8, 4) is 0 Å². The van der Waals surface area contributed by atoms with Crippen LogP contribution in [-0.4, -0.2) is 15.5 Å². The molecule has 0 aliphatic heterocycles. The van der Waals surface area contributed by atoms with Gasteiger partial charge in [-0.1, -0.05) is 126 Å². The van der Waals surface area contributed by atoms with Crippen molar-refractivity contribution in [2.24, 2.45) is 0 Å². The Kier molecular flexibility index (Phi) is 17.2. The fourth-order valence-corrected chi connectivity index (χ4v) is 3.51. The van der Waals surface area contributed by atoms with Crippen LogP contribution in [0.25, 0.3) is 0 Å². The molecular weight excluding hydrogens is 360 g/mol. The van der Waals surface area contributed by atoms with Crippen LogP contribution in [0.15, 0.2) is 0 Å². The standard InChI is InChI=1S/C22H45BrO/c1-4-5-6-7-8-9-10-11-12-13-14-15-16-17-18-19-20-22(3,23)21(2)24/h21,24H,4-20H2,1-3H3. The third-order valence-corrected chi connectivity index (χ3v) is 6.45. The first-order chi connectivity index (χ1) is 11.5. The molecule has 2 unspecified atom stereocenters. The fourth-order valence-electron chi connectivity index (χ4n) is 3.23. The summed E-state index contributed by atoms with van der Waals surface area (Å²) in [5, 5.41) is 9.66. The van der Waals surface area contributed by atoms with Gasteiger partial charge in [-0.15, -0.1) is 0 Å². The number of unbranched alkanes of at least 4 members (excludes halogenated alkanes) is 15. The van der Waals surface area contributed by atoms with Crippen molar-refractivity contribution < 1.29 is 5.11 Å². The Balaban J connectivity index is 3.13. The zero-order chi connectivity index (χ0) is 18.1. The number of alkyl halides is 1. The highest BCUT2D eigenvalue weighted by atomic mass is 79.9. The molecule has 2 heteroatoms. The highest BCUT2D eigenvalue weighted by Crippen LogP contribution is 2.28. The Labute approximate surface area is 161 Å². The van der Waals surface area contributed by atoms with E-state index in [2.05, 4.69) is 29.8 Å². The van der Waals surface area contributed by atoms with Gasteiger partial charge in [-0.05, 0) is 20.3 Å². The van der Waals surface area contributed by atoms with Crippen molar-refractivity contribution in [3.05, 3.63) is 0 Å². The third kappa shape index (κ3) is 15.9. The lowest BCUT2D eigenvalue weighted by molar-refractivity contribution is 0.150. The molecular formula is C22H45BrO. The summed E-state index contributed by atoms with van der Waals surface area (Å²) in [5.74, 6) is 0. The molecule has 0 heterocycles. The van der Waals surface area contributed by atoms with Crippen LogP contribution < -0.4 is 0 Å². The van der Waals surface area contributed by atoms with Gasteiger partial charge < -0.3 is 5.11 Å². The second-order valence-corrected chi connectivity index (χ2v) is 9.82. The Morgan fingerprint density at radius 1 is 0.667 bits per heavy atom. The molecule has 146 valence electrons. The molecule has 1 nitrogen and oxygen atoms in total. The molecule has 0 saturated carbocycles. The van der Waals surface area contributed by atoms with E-state index in [-0.39, 0.29) is 10.4 Å². The smallest absolute Gasteiger partial charge is 0.0662 e. The van der Waals surface area contributed by atoms with Crippen LogP contribution in [-0.2, 0) is 0 Å². The molecule has 0 radical (unpaired) electrons. The molecule has 2 atom stereocenters. The fraction of sp³-hybridized carbons (Fsp3) is 1.00. The second kappa shape index (κ2) is 16.9. The highest BCUT2D eigenvalue weighted by molar-refractivity contribution is 9.10.